The smallest absolute Gasteiger partial charge is 0.237 e. The minimum atomic E-state index is -0.174. The van der Waals surface area contributed by atoms with E-state index in [9.17, 15) is 4.79 Å². The fourth-order valence-electron chi connectivity index (χ4n) is 2.50. The Morgan fingerprint density at radius 1 is 1.43 bits per heavy atom. The van der Waals surface area contributed by atoms with Gasteiger partial charge in [0.15, 0.2) is 5.82 Å². The first-order valence-corrected chi connectivity index (χ1v) is 7.09. The summed E-state index contributed by atoms with van der Waals surface area (Å²) in [7, 11) is 0. The van der Waals surface area contributed by atoms with Crippen LogP contribution in [0.4, 0.5) is 0 Å². The SMILES string of the molecule is Cc1nc(CCNC(=O)C2Cc3ccccc3CN2)no1. The number of carbonyl (C=O) groups excluding carboxylic acids is 1. The summed E-state index contributed by atoms with van der Waals surface area (Å²) in [5, 5.41) is 9.99. The highest BCUT2D eigenvalue weighted by Gasteiger charge is 2.23. The molecule has 2 aromatic rings. The van der Waals surface area contributed by atoms with Gasteiger partial charge >= 0.3 is 0 Å². The second-order valence-electron chi connectivity index (χ2n) is 5.18. The van der Waals surface area contributed by atoms with Gasteiger partial charge in [0, 0.05) is 26.4 Å². The quantitative estimate of drug-likeness (QED) is 0.867. The number of aryl methyl sites for hydroxylation is 1. The number of amides is 1. The summed E-state index contributed by atoms with van der Waals surface area (Å²) < 4.78 is 4.89. The van der Waals surface area contributed by atoms with E-state index in [4.69, 9.17) is 4.52 Å². The van der Waals surface area contributed by atoms with Gasteiger partial charge in [-0.05, 0) is 17.5 Å². The predicted octanol–water partition coefficient (Wildman–Crippen LogP) is 0.751. The number of nitrogens with zero attached hydrogens (tertiary/aromatic N) is 2. The van der Waals surface area contributed by atoms with E-state index in [-0.39, 0.29) is 11.9 Å². The standard InChI is InChI=1S/C15H18N4O2/c1-10-18-14(19-21-10)6-7-16-15(20)13-8-11-4-2-3-5-12(11)9-17-13/h2-5,13,17H,6-9H2,1H3,(H,16,20). The monoisotopic (exact) mass is 286 g/mol. The van der Waals surface area contributed by atoms with Crippen LogP contribution in [0.5, 0.6) is 0 Å². The molecule has 2 N–H and O–H groups in total. The lowest BCUT2D eigenvalue weighted by Gasteiger charge is -2.25. The molecule has 0 bridgehead atoms. The van der Waals surface area contributed by atoms with Gasteiger partial charge in [-0.2, -0.15) is 4.98 Å². The Balaban J connectivity index is 1.50. The molecule has 1 aromatic heterocycles. The van der Waals surface area contributed by atoms with E-state index in [1.807, 2.05) is 12.1 Å². The van der Waals surface area contributed by atoms with Crippen molar-refractivity contribution >= 4 is 5.91 Å². The third-order valence-corrected chi connectivity index (χ3v) is 3.62. The first-order valence-electron chi connectivity index (χ1n) is 7.09. The number of benzene rings is 1. The third kappa shape index (κ3) is 3.28. The highest BCUT2D eigenvalue weighted by atomic mass is 16.5. The molecule has 0 spiro atoms. The molecule has 1 atom stereocenters. The number of fused-ring (bicyclic) bond motifs is 1. The number of hydrogen-bond donors (Lipinski definition) is 2. The molecule has 1 unspecified atom stereocenters. The van der Waals surface area contributed by atoms with Crippen LogP contribution in [0.25, 0.3) is 0 Å². The molecule has 0 fully saturated rings. The van der Waals surface area contributed by atoms with Crippen molar-refractivity contribution in [2.75, 3.05) is 6.54 Å². The molecular formula is C15H18N4O2. The summed E-state index contributed by atoms with van der Waals surface area (Å²) in [6.45, 7) is 2.99. The van der Waals surface area contributed by atoms with Gasteiger partial charge in [0.25, 0.3) is 0 Å². The van der Waals surface area contributed by atoms with Crippen molar-refractivity contribution in [1.29, 1.82) is 0 Å². The zero-order valence-electron chi connectivity index (χ0n) is 11.9. The van der Waals surface area contributed by atoms with E-state index in [0.29, 0.717) is 24.7 Å². The fourth-order valence-corrected chi connectivity index (χ4v) is 2.50. The van der Waals surface area contributed by atoms with Gasteiger partial charge in [-0.15, -0.1) is 0 Å². The molecule has 0 saturated heterocycles. The maximum atomic E-state index is 12.2. The molecule has 1 aromatic carbocycles. The van der Waals surface area contributed by atoms with Crippen molar-refractivity contribution in [2.45, 2.75) is 32.4 Å². The van der Waals surface area contributed by atoms with Crippen molar-refractivity contribution in [1.82, 2.24) is 20.8 Å². The zero-order valence-corrected chi connectivity index (χ0v) is 11.9. The van der Waals surface area contributed by atoms with Crippen molar-refractivity contribution in [3.05, 3.63) is 47.1 Å². The molecule has 1 aliphatic heterocycles. The minimum Gasteiger partial charge on any atom is -0.354 e. The van der Waals surface area contributed by atoms with Crippen LogP contribution in [0.1, 0.15) is 22.8 Å². The lowest BCUT2D eigenvalue weighted by Crippen LogP contribution is -2.48. The van der Waals surface area contributed by atoms with Gasteiger partial charge < -0.3 is 15.2 Å². The molecule has 1 amide bonds. The van der Waals surface area contributed by atoms with Gasteiger partial charge in [-0.1, -0.05) is 29.4 Å². The lowest BCUT2D eigenvalue weighted by atomic mass is 9.95. The molecular weight excluding hydrogens is 268 g/mol. The second kappa shape index (κ2) is 6.05. The van der Waals surface area contributed by atoms with Crippen molar-refractivity contribution in [2.24, 2.45) is 0 Å². The molecule has 6 heteroatoms. The van der Waals surface area contributed by atoms with Gasteiger partial charge in [0.05, 0.1) is 6.04 Å². The molecule has 1 aliphatic rings. The number of rotatable bonds is 4. The normalized spacial score (nSPS) is 17.3. The Morgan fingerprint density at radius 3 is 3.00 bits per heavy atom. The number of nitrogens with one attached hydrogen (secondary N) is 2. The van der Waals surface area contributed by atoms with E-state index in [1.54, 1.807) is 6.92 Å². The Bertz CT molecular complexity index is 638. The molecule has 3 rings (SSSR count). The van der Waals surface area contributed by atoms with Gasteiger partial charge in [0.1, 0.15) is 0 Å². The van der Waals surface area contributed by atoms with Crippen molar-refractivity contribution < 1.29 is 9.32 Å². The summed E-state index contributed by atoms with van der Waals surface area (Å²) in [5.41, 5.74) is 2.51. The Labute approximate surface area is 122 Å². The molecule has 0 radical (unpaired) electrons. The molecule has 110 valence electrons. The third-order valence-electron chi connectivity index (χ3n) is 3.62. The molecule has 0 saturated carbocycles. The van der Waals surface area contributed by atoms with Gasteiger partial charge in [-0.3, -0.25) is 4.79 Å². The summed E-state index contributed by atoms with van der Waals surface area (Å²) in [4.78, 5) is 16.3. The Morgan fingerprint density at radius 2 is 2.24 bits per heavy atom. The summed E-state index contributed by atoms with van der Waals surface area (Å²) in [5.74, 6) is 1.18. The number of carbonyl (C=O) groups is 1. The molecule has 21 heavy (non-hydrogen) atoms. The first kappa shape index (κ1) is 13.8. The minimum absolute atomic E-state index is 0.0183. The topological polar surface area (TPSA) is 80.0 Å². The van der Waals surface area contributed by atoms with Crippen LogP contribution in [-0.4, -0.2) is 28.6 Å². The maximum absolute atomic E-state index is 12.2. The zero-order chi connectivity index (χ0) is 14.7. The van der Waals surface area contributed by atoms with E-state index >= 15 is 0 Å². The first-order chi connectivity index (χ1) is 10.2. The van der Waals surface area contributed by atoms with E-state index in [2.05, 4.69) is 32.9 Å². The summed E-state index contributed by atoms with van der Waals surface area (Å²) >= 11 is 0. The van der Waals surface area contributed by atoms with Gasteiger partial charge in [0.2, 0.25) is 11.8 Å². The van der Waals surface area contributed by atoms with Crippen LogP contribution in [0.2, 0.25) is 0 Å². The van der Waals surface area contributed by atoms with Crippen LogP contribution in [-0.2, 0) is 24.2 Å². The number of aromatic nitrogens is 2. The van der Waals surface area contributed by atoms with Crippen LogP contribution < -0.4 is 10.6 Å². The average Bonchev–Trinajstić information content (AvgIpc) is 2.92. The Kier molecular flexibility index (Phi) is 3.96. The molecule has 6 nitrogen and oxygen atoms in total. The number of hydrogen-bond acceptors (Lipinski definition) is 5. The van der Waals surface area contributed by atoms with E-state index in [1.165, 1.54) is 11.1 Å². The summed E-state index contributed by atoms with van der Waals surface area (Å²) in [6, 6.07) is 8.03. The Hall–Kier alpha value is -2.21. The van der Waals surface area contributed by atoms with Crippen molar-refractivity contribution in [3.8, 4) is 0 Å². The molecule has 2 heterocycles. The van der Waals surface area contributed by atoms with Crippen LogP contribution >= 0.6 is 0 Å². The highest BCUT2D eigenvalue weighted by Crippen LogP contribution is 2.16. The van der Waals surface area contributed by atoms with Crippen LogP contribution in [0, 0.1) is 6.92 Å². The van der Waals surface area contributed by atoms with E-state index < -0.39 is 0 Å². The summed E-state index contributed by atoms with van der Waals surface area (Å²) in [6.07, 6.45) is 1.30. The van der Waals surface area contributed by atoms with E-state index in [0.717, 1.165) is 13.0 Å². The average molecular weight is 286 g/mol. The van der Waals surface area contributed by atoms with Crippen molar-refractivity contribution in [3.63, 3.8) is 0 Å². The second-order valence-corrected chi connectivity index (χ2v) is 5.18. The largest absolute Gasteiger partial charge is 0.354 e. The predicted molar refractivity (Wildman–Crippen MR) is 76.5 cm³/mol. The maximum Gasteiger partial charge on any atom is 0.237 e. The lowest BCUT2D eigenvalue weighted by molar-refractivity contribution is -0.123. The fraction of sp³-hybridized carbons (Fsp3) is 0.400. The highest BCUT2D eigenvalue weighted by molar-refractivity contribution is 5.82. The van der Waals surface area contributed by atoms with Gasteiger partial charge in [-0.25, -0.2) is 0 Å². The van der Waals surface area contributed by atoms with Crippen LogP contribution in [0.15, 0.2) is 28.8 Å². The van der Waals surface area contributed by atoms with Crippen LogP contribution in [0.3, 0.4) is 0 Å². The molecule has 0 aliphatic carbocycles.